The molecule has 0 heterocycles. The zero-order chi connectivity index (χ0) is 10.4. The normalized spacial score (nSPS) is 20.4. The van der Waals surface area contributed by atoms with Crippen LogP contribution in [0, 0.1) is 11.8 Å². The molecule has 1 aliphatic carbocycles. The first-order valence-electron chi connectivity index (χ1n) is 5.48. The summed E-state index contributed by atoms with van der Waals surface area (Å²) in [6.07, 6.45) is 6.16. The van der Waals surface area contributed by atoms with Gasteiger partial charge in [0.05, 0.1) is 6.61 Å². The fourth-order valence-corrected chi connectivity index (χ4v) is 2.17. The van der Waals surface area contributed by atoms with Crippen LogP contribution >= 0.6 is 0 Å². The summed E-state index contributed by atoms with van der Waals surface area (Å²) in [5.74, 6) is 0.451. The summed E-state index contributed by atoms with van der Waals surface area (Å²) in [5, 5.41) is 9.20. The molecular weight excluding hydrogens is 180 g/mol. The van der Waals surface area contributed by atoms with Gasteiger partial charge in [0.25, 0.3) is 0 Å². The molecule has 0 spiro atoms. The second-order valence-corrected chi connectivity index (χ2v) is 4.14. The van der Waals surface area contributed by atoms with Gasteiger partial charge in [0, 0.05) is 19.4 Å². The van der Waals surface area contributed by atoms with Crippen molar-refractivity contribution in [3.8, 4) is 0 Å². The second kappa shape index (κ2) is 6.02. The topological polar surface area (TPSA) is 46.5 Å². The predicted octanol–water partition coefficient (Wildman–Crippen LogP) is 1.74. The van der Waals surface area contributed by atoms with Crippen molar-refractivity contribution in [1.29, 1.82) is 0 Å². The van der Waals surface area contributed by atoms with Gasteiger partial charge in [0.15, 0.2) is 0 Å². The molecule has 0 aromatic carbocycles. The first-order chi connectivity index (χ1) is 6.74. The van der Waals surface area contributed by atoms with Gasteiger partial charge in [-0.05, 0) is 18.8 Å². The van der Waals surface area contributed by atoms with Crippen LogP contribution in [0.1, 0.15) is 39.0 Å². The highest BCUT2D eigenvalue weighted by Crippen LogP contribution is 2.29. The summed E-state index contributed by atoms with van der Waals surface area (Å²) in [6, 6.07) is 0. The maximum atomic E-state index is 10.6. The molecule has 0 bridgehead atoms. The summed E-state index contributed by atoms with van der Waals surface area (Å²) in [7, 11) is 0. The number of hydrogen-bond acceptors (Lipinski definition) is 3. The molecule has 0 aromatic heterocycles. The molecule has 1 N–H and O–H groups in total. The molecular formula is C11H20O3. The van der Waals surface area contributed by atoms with E-state index < -0.39 is 0 Å². The summed E-state index contributed by atoms with van der Waals surface area (Å²) in [4.78, 5) is 10.6. The molecule has 1 saturated carbocycles. The van der Waals surface area contributed by atoms with Crippen molar-refractivity contribution in [2.75, 3.05) is 13.2 Å². The number of esters is 1. The largest absolute Gasteiger partial charge is 0.465 e. The van der Waals surface area contributed by atoms with Crippen molar-refractivity contribution in [2.24, 2.45) is 11.8 Å². The van der Waals surface area contributed by atoms with Crippen LogP contribution in [0.4, 0.5) is 0 Å². The van der Waals surface area contributed by atoms with Crippen LogP contribution < -0.4 is 0 Å². The summed E-state index contributed by atoms with van der Waals surface area (Å²) < 4.78 is 4.95. The maximum absolute atomic E-state index is 10.6. The van der Waals surface area contributed by atoms with Crippen molar-refractivity contribution in [3.63, 3.8) is 0 Å². The van der Waals surface area contributed by atoms with E-state index in [2.05, 4.69) is 0 Å². The Labute approximate surface area is 85.5 Å². The molecule has 0 aromatic rings. The zero-order valence-electron chi connectivity index (χ0n) is 8.87. The van der Waals surface area contributed by atoms with Crippen LogP contribution in [0.5, 0.6) is 0 Å². The van der Waals surface area contributed by atoms with Crippen LogP contribution in [0.2, 0.25) is 0 Å². The Kier molecular flexibility index (Phi) is 4.94. The number of aliphatic hydroxyl groups excluding tert-OH is 1. The van der Waals surface area contributed by atoms with Gasteiger partial charge in [-0.1, -0.05) is 19.3 Å². The highest BCUT2D eigenvalue weighted by atomic mass is 16.5. The minimum Gasteiger partial charge on any atom is -0.465 e. The van der Waals surface area contributed by atoms with Gasteiger partial charge in [-0.25, -0.2) is 0 Å². The van der Waals surface area contributed by atoms with Gasteiger partial charge in [-0.2, -0.15) is 0 Å². The zero-order valence-corrected chi connectivity index (χ0v) is 8.87. The standard InChI is InChI=1S/C11H20O3/c1-9(13)14-8-11(7-12)10-5-3-2-4-6-10/h10-12H,2-8H2,1H3/t11-/m0/s1. The highest BCUT2D eigenvalue weighted by molar-refractivity contribution is 5.65. The summed E-state index contributed by atoms with van der Waals surface area (Å²) in [6.45, 7) is 1.93. The Balaban J connectivity index is 2.31. The number of hydrogen-bond donors (Lipinski definition) is 1. The van der Waals surface area contributed by atoms with Gasteiger partial charge >= 0.3 is 5.97 Å². The van der Waals surface area contributed by atoms with Gasteiger partial charge in [0.1, 0.15) is 0 Å². The van der Waals surface area contributed by atoms with E-state index in [1.165, 1.54) is 39.0 Å². The van der Waals surface area contributed by atoms with Gasteiger partial charge in [-0.3, -0.25) is 4.79 Å². The SMILES string of the molecule is CC(=O)OC[C@H](CO)C1CCCCC1. The maximum Gasteiger partial charge on any atom is 0.302 e. The Morgan fingerprint density at radius 1 is 1.43 bits per heavy atom. The molecule has 1 fully saturated rings. The fourth-order valence-electron chi connectivity index (χ4n) is 2.17. The average Bonchev–Trinajstić information content (AvgIpc) is 2.20. The first-order valence-corrected chi connectivity index (χ1v) is 5.48. The van der Waals surface area contributed by atoms with Crippen molar-refractivity contribution in [3.05, 3.63) is 0 Å². The van der Waals surface area contributed by atoms with Crippen molar-refractivity contribution in [2.45, 2.75) is 39.0 Å². The number of aliphatic hydroxyl groups is 1. The highest BCUT2D eigenvalue weighted by Gasteiger charge is 2.23. The van der Waals surface area contributed by atoms with E-state index in [1.54, 1.807) is 0 Å². The van der Waals surface area contributed by atoms with E-state index >= 15 is 0 Å². The molecule has 1 rings (SSSR count). The monoisotopic (exact) mass is 200 g/mol. The predicted molar refractivity (Wildman–Crippen MR) is 53.8 cm³/mol. The van der Waals surface area contributed by atoms with Crippen LogP contribution in [0.25, 0.3) is 0 Å². The minimum atomic E-state index is -0.251. The van der Waals surface area contributed by atoms with Gasteiger partial charge in [0.2, 0.25) is 0 Å². The van der Waals surface area contributed by atoms with Crippen molar-refractivity contribution >= 4 is 5.97 Å². The van der Waals surface area contributed by atoms with Crippen molar-refractivity contribution < 1.29 is 14.6 Å². The van der Waals surface area contributed by atoms with Crippen LogP contribution in [0.15, 0.2) is 0 Å². The van der Waals surface area contributed by atoms with Crippen LogP contribution in [-0.2, 0) is 9.53 Å². The van der Waals surface area contributed by atoms with E-state index in [1.807, 2.05) is 0 Å². The molecule has 3 nitrogen and oxygen atoms in total. The third-order valence-corrected chi connectivity index (χ3v) is 3.05. The lowest BCUT2D eigenvalue weighted by Gasteiger charge is -2.28. The molecule has 1 aliphatic rings. The lowest BCUT2D eigenvalue weighted by Crippen LogP contribution is -2.26. The molecule has 14 heavy (non-hydrogen) atoms. The van der Waals surface area contributed by atoms with E-state index in [9.17, 15) is 9.90 Å². The number of carbonyl (C=O) groups excluding carboxylic acids is 1. The Morgan fingerprint density at radius 2 is 2.07 bits per heavy atom. The van der Waals surface area contributed by atoms with E-state index in [0.29, 0.717) is 12.5 Å². The third kappa shape index (κ3) is 3.66. The minimum absolute atomic E-state index is 0.137. The lowest BCUT2D eigenvalue weighted by atomic mass is 9.81. The first kappa shape index (κ1) is 11.5. The second-order valence-electron chi connectivity index (χ2n) is 4.14. The third-order valence-electron chi connectivity index (χ3n) is 3.05. The summed E-state index contributed by atoms with van der Waals surface area (Å²) in [5.41, 5.74) is 0. The molecule has 3 heteroatoms. The smallest absolute Gasteiger partial charge is 0.302 e. The number of carbonyl (C=O) groups is 1. The quantitative estimate of drug-likeness (QED) is 0.703. The summed E-state index contributed by atoms with van der Waals surface area (Å²) >= 11 is 0. The van der Waals surface area contributed by atoms with Gasteiger partial charge in [-0.15, -0.1) is 0 Å². The van der Waals surface area contributed by atoms with E-state index in [4.69, 9.17) is 4.74 Å². The molecule has 0 aliphatic heterocycles. The Bertz CT molecular complexity index is 173. The van der Waals surface area contributed by atoms with Gasteiger partial charge < -0.3 is 9.84 Å². The Morgan fingerprint density at radius 3 is 2.57 bits per heavy atom. The molecule has 82 valence electrons. The van der Waals surface area contributed by atoms with Crippen LogP contribution in [0.3, 0.4) is 0 Å². The molecule has 1 atom stereocenters. The van der Waals surface area contributed by atoms with Crippen LogP contribution in [-0.4, -0.2) is 24.3 Å². The molecule has 0 radical (unpaired) electrons. The fraction of sp³-hybridized carbons (Fsp3) is 0.909. The van der Waals surface area contributed by atoms with E-state index in [0.717, 1.165) is 0 Å². The van der Waals surface area contributed by atoms with Crippen molar-refractivity contribution in [1.82, 2.24) is 0 Å². The lowest BCUT2D eigenvalue weighted by molar-refractivity contribution is -0.143. The average molecular weight is 200 g/mol. The molecule has 0 amide bonds. The number of ether oxygens (including phenoxy) is 1. The molecule has 0 unspecified atom stereocenters. The molecule has 0 saturated heterocycles. The van der Waals surface area contributed by atoms with E-state index in [-0.39, 0.29) is 18.5 Å². The number of rotatable bonds is 4. The Hall–Kier alpha value is -0.570.